The second kappa shape index (κ2) is 15.7. The van der Waals surface area contributed by atoms with Crippen LogP contribution in [0.15, 0.2) is 37.0 Å². The quantitative estimate of drug-likeness (QED) is 0.193. The van der Waals surface area contributed by atoms with Crippen LogP contribution in [0.2, 0.25) is 0 Å². The van der Waals surface area contributed by atoms with E-state index in [9.17, 15) is 51.5 Å². The first-order valence-corrected chi connectivity index (χ1v) is 18.5. The Morgan fingerprint density at radius 1 is 0.763 bits per heavy atom. The molecule has 2 bridgehead atoms. The van der Waals surface area contributed by atoms with E-state index in [2.05, 4.69) is 19.7 Å². The fourth-order valence-electron chi connectivity index (χ4n) is 7.34. The number of esters is 8. The molecule has 0 amide bonds. The summed E-state index contributed by atoms with van der Waals surface area (Å²) in [5, 5.41) is 0. The zero-order chi connectivity index (χ0) is 45.0. The first-order valence-electron chi connectivity index (χ1n) is 18.5. The van der Waals surface area contributed by atoms with Crippen LogP contribution in [0.1, 0.15) is 68.7 Å². The Morgan fingerprint density at radius 2 is 1.29 bits per heavy atom. The highest BCUT2D eigenvalue weighted by Gasteiger charge is 2.71. The number of cyclic esters (lactones) is 3. The van der Waals surface area contributed by atoms with Crippen molar-refractivity contribution in [2.45, 2.75) is 104 Å². The van der Waals surface area contributed by atoms with Gasteiger partial charge in [-0.2, -0.15) is 13.2 Å². The van der Waals surface area contributed by atoms with Crippen LogP contribution in [0, 0.1) is 40.4 Å². The Morgan fingerprint density at radius 3 is 1.71 bits per heavy atom. The van der Waals surface area contributed by atoms with Gasteiger partial charge in [-0.25, -0.2) is 14.4 Å². The number of fused-ring (bicyclic) bond motifs is 1. The second-order valence-electron chi connectivity index (χ2n) is 17.1. The predicted molar refractivity (Wildman–Crippen MR) is 192 cm³/mol. The van der Waals surface area contributed by atoms with Crippen LogP contribution in [0.25, 0.3) is 0 Å². The van der Waals surface area contributed by atoms with E-state index in [0.717, 1.165) is 6.08 Å². The molecule has 6 fully saturated rings. The van der Waals surface area contributed by atoms with E-state index in [4.69, 9.17) is 37.9 Å². The van der Waals surface area contributed by atoms with E-state index in [0.29, 0.717) is 6.42 Å². The molecule has 4 heterocycles. The first kappa shape index (κ1) is 46.5. The fraction of sp³-hybridized carbons (Fsp3) is 0.650. The van der Waals surface area contributed by atoms with Gasteiger partial charge in [0.15, 0.2) is 16.8 Å². The van der Waals surface area contributed by atoms with Gasteiger partial charge in [-0.1, -0.05) is 19.7 Å². The molecule has 10 unspecified atom stereocenters. The molecule has 2 saturated carbocycles. The van der Waals surface area contributed by atoms with Gasteiger partial charge in [0, 0.05) is 23.5 Å². The lowest BCUT2D eigenvalue weighted by atomic mass is 9.78. The van der Waals surface area contributed by atoms with E-state index in [-0.39, 0.29) is 43.2 Å². The van der Waals surface area contributed by atoms with Gasteiger partial charge in [0.2, 0.25) is 0 Å². The molecule has 10 atom stereocenters. The highest BCUT2D eigenvalue weighted by atomic mass is 19.4. The zero-order valence-corrected chi connectivity index (χ0v) is 34.2. The molecule has 0 spiro atoms. The Kier molecular flexibility index (Phi) is 12.4. The lowest BCUT2D eigenvalue weighted by Crippen LogP contribution is -2.47. The maximum Gasteiger partial charge on any atom is 0.422 e. The Hall–Kier alpha value is -5.23. The van der Waals surface area contributed by atoms with E-state index >= 15 is 0 Å². The van der Waals surface area contributed by atoms with Gasteiger partial charge in [-0.15, -0.1) is 0 Å². The molecule has 0 radical (unpaired) electrons. The molecule has 0 aromatic carbocycles. The lowest BCUT2D eigenvalue weighted by Gasteiger charge is -2.33. The minimum Gasteiger partial charge on any atom is -0.461 e. The van der Waals surface area contributed by atoms with Gasteiger partial charge in [-0.05, 0) is 68.7 Å². The summed E-state index contributed by atoms with van der Waals surface area (Å²) in [6.07, 6.45) is -4.45. The maximum absolute atomic E-state index is 13.0. The third kappa shape index (κ3) is 8.33. The van der Waals surface area contributed by atoms with Crippen molar-refractivity contribution in [2.24, 2.45) is 40.4 Å². The highest BCUT2D eigenvalue weighted by molar-refractivity contribution is 5.91. The predicted octanol–water partition coefficient (Wildman–Crippen LogP) is 3.82. The standard InChI is InChI=1S/C19H22O8.C11H13F3O4.C10H14O4/c1-7(2)15(20)25-13-10-5-9-11(17(22)26-14(9)13)12(10)18(23)27-19(4)6-24-16(21)8(19)3;1-6(11(12,13)14)7(15)18-10(4)5-17-8(16)9(10,2)3;1-5-7(11)14-10(4)6-13-8(12)9(10,2)3/h8-14H,1,5-6H2,2-4H3;1,5H2,2-4H3;5H,1,6H2,2-4H3. The van der Waals surface area contributed by atoms with E-state index in [1.165, 1.54) is 27.7 Å². The number of halogens is 3. The molecule has 16 nitrogen and oxygen atoms in total. The number of hydrogen-bond donors (Lipinski definition) is 0. The Balaban J connectivity index is 0.000000209. The molecule has 0 aromatic rings. The Bertz CT molecular complexity index is 1870. The average Bonchev–Trinajstić information content (AvgIpc) is 3.91. The van der Waals surface area contributed by atoms with Crippen molar-refractivity contribution < 1.29 is 89.4 Å². The van der Waals surface area contributed by atoms with Gasteiger partial charge >= 0.3 is 53.9 Å². The minimum atomic E-state index is -4.86. The summed E-state index contributed by atoms with van der Waals surface area (Å²) in [6.45, 7) is 23.4. The van der Waals surface area contributed by atoms with Crippen molar-refractivity contribution in [3.8, 4) is 0 Å². The molecule has 6 aliphatic rings. The average molecular weight is 843 g/mol. The lowest BCUT2D eigenvalue weighted by molar-refractivity contribution is -0.175. The van der Waals surface area contributed by atoms with Crippen LogP contribution in [-0.2, 0) is 76.3 Å². The van der Waals surface area contributed by atoms with E-state index in [1.807, 2.05) is 0 Å². The first-order chi connectivity index (χ1) is 26.9. The molecule has 6 rings (SSSR count). The van der Waals surface area contributed by atoms with Crippen molar-refractivity contribution in [3.05, 3.63) is 37.0 Å². The summed E-state index contributed by atoms with van der Waals surface area (Å²) in [5.41, 5.74) is -6.84. The van der Waals surface area contributed by atoms with E-state index < -0.39 is 111 Å². The number of carbonyl (C=O) groups excluding carboxylic acids is 8. The minimum absolute atomic E-state index is 0.0225. The number of rotatable bonds is 8. The molecule has 4 saturated heterocycles. The third-order valence-electron chi connectivity index (χ3n) is 12.5. The van der Waals surface area contributed by atoms with Gasteiger partial charge in [0.25, 0.3) is 0 Å². The normalized spacial score (nSPS) is 35.3. The molecule has 4 aliphatic heterocycles. The maximum atomic E-state index is 13.0. The molecular weight excluding hydrogens is 793 g/mol. The van der Waals surface area contributed by atoms with Gasteiger partial charge in [-0.3, -0.25) is 24.0 Å². The molecule has 19 heteroatoms. The summed E-state index contributed by atoms with van der Waals surface area (Å²) in [5.74, 6) is -7.63. The van der Waals surface area contributed by atoms with Crippen molar-refractivity contribution >= 4 is 47.8 Å². The topological polar surface area (TPSA) is 210 Å². The van der Waals surface area contributed by atoms with Crippen LogP contribution in [-0.4, -0.2) is 103 Å². The van der Waals surface area contributed by atoms with Crippen LogP contribution in [0.4, 0.5) is 13.2 Å². The summed E-state index contributed by atoms with van der Waals surface area (Å²) >= 11 is 0. The number of hydrogen-bond acceptors (Lipinski definition) is 16. The van der Waals surface area contributed by atoms with Gasteiger partial charge in [0.05, 0.1) is 17.8 Å². The largest absolute Gasteiger partial charge is 0.461 e. The Labute approximate surface area is 338 Å². The number of alkyl halides is 3. The number of ether oxygens (including phenoxy) is 8. The van der Waals surface area contributed by atoms with Crippen molar-refractivity contribution in [1.29, 1.82) is 0 Å². The summed E-state index contributed by atoms with van der Waals surface area (Å²) in [7, 11) is 0. The van der Waals surface area contributed by atoms with Crippen molar-refractivity contribution in [1.82, 2.24) is 0 Å². The number of carbonyl (C=O) groups is 8. The second-order valence-corrected chi connectivity index (χ2v) is 17.1. The zero-order valence-electron chi connectivity index (χ0n) is 34.2. The van der Waals surface area contributed by atoms with E-state index in [1.54, 1.807) is 34.6 Å². The van der Waals surface area contributed by atoms with Crippen LogP contribution < -0.4 is 0 Å². The monoisotopic (exact) mass is 842 g/mol. The molecule has 2 aliphatic carbocycles. The van der Waals surface area contributed by atoms with Crippen molar-refractivity contribution in [2.75, 3.05) is 19.8 Å². The highest BCUT2D eigenvalue weighted by Crippen LogP contribution is 2.59. The smallest absolute Gasteiger partial charge is 0.422 e. The van der Waals surface area contributed by atoms with Gasteiger partial charge < -0.3 is 37.9 Å². The van der Waals surface area contributed by atoms with Crippen LogP contribution in [0.3, 0.4) is 0 Å². The van der Waals surface area contributed by atoms with Crippen LogP contribution in [0.5, 0.6) is 0 Å². The summed E-state index contributed by atoms with van der Waals surface area (Å²) in [6, 6.07) is 0. The third-order valence-corrected chi connectivity index (χ3v) is 12.5. The van der Waals surface area contributed by atoms with Crippen molar-refractivity contribution in [3.63, 3.8) is 0 Å². The molecular formula is C40H49F3O16. The SMILES string of the molecule is C=C(C(=O)OC1(C)COC(=O)C1(C)C)C(F)(F)F.C=C(C)C(=O)OC1C2CC3C1OC(=O)C3C2C(=O)OC1(C)COC(=O)C1C.C=CC(=O)OC1(C)COC(=O)C1(C)C. The molecule has 0 aromatic heterocycles. The molecule has 326 valence electrons. The summed E-state index contributed by atoms with van der Waals surface area (Å²) in [4.78, 5) is 94.1. The molecule has 0 N–H and O–H groups in total. The summed E-state index contributed by atoms with van der Waals surface area (Å²) < 4.78 is 77.9. The molecule has 59 heavy (non-hydrogen) atoms. The van der Waals surface area contributed by atoms with Gasteiger partial charge in [0.1, 0.15) is 48.4 Å². The van der Waals surface area contributed by atoms with Crippen LogP contribution >= 0.6 is 0 Å². The fourth-order valence-corrected chi connectivity index (χ4v) is 7.34.